The maximum atomic E-state index is 3.83. The lowest BCUT2D eigenvalue weighted by atomic mass is 10.1. The van der Waals surface area contributed by atoms with E-state index < -0.39 is 0 Å². The molecule has 0 aliphatic heterocycles. The lowest BCUT2D eigenvalue weighted by Crippen LogP contribution is -1.72. The standard InChI is InChI=1S/2C9H10/c1-8(2)9-6-4-3-5-7-9;1-2-6-9-7-4-3-5-8-9/h3-7H,1H2,2H3;2-8H,1H3. The Bertz CT molecular complexity index is 478. The van der Waals surface area contributed by atoms with Gasteiger partial charge in [0, 0.05) is 0 Å². The van der Waals surface area contributed by atoms with Gasteiger partial charge >= 0.3 is 0 Å². The molecule has 0 aliphatic rings. The van der Waals surface area contributed by atoms with Gasteiger partial charge in [0.15, 0.2) is 0 Å². The van der Waals surface area contributed by atoms with Crippen LogP contribution in [0.2, 0.25) is 0 Å². The van der Waals surface area contributed by atoms with Gasteiger partial charge in [-0.2, -0.15) is 0 Å². The Morgan fingerprint density at radius 2 is 1.39 bits per heavy atom. The molecule has 0 saturated heterocycles. The fraction of sp³-hybridized carbons (Fsp3) is 0.111. The van der Waals surface area contributed by atoms with Crippen LogP contribution in [0.3, 0.4) is 0 Å². The van der Waals surface area contributed by atoms with Gasteiger partial charge in [0.25, 0.3) is 0 Å². The second kappa shape index (κ2) is 8.08. The fourth-order valence-electron chi connectivity index (χ4n) is 1.48. The van der Waals surface area contributed by atoms with E-state index in [1.165, 1.54) is 11.1 Å². The molecule has 2 aromatic rings. The van der Waals surface area contributed by atoms with Gasteiger partial charge in [0.2, 0.25) is 0 Å². The lowest BCUT2D eigenvalue weighted by molar-refractivity contribution is 1.58. The molecule has 0 saturated carbocycles. The molecule has 2 aromatic carbocycles. The summed E-state index contributed by atoms with van der Waals surface area (Å²) in [7, 11) is 0. The van der Waals surface area contributed by atoms with Crippen molar-refractivity contribution in [1.29, 1.82) is 0 Å². The maximum Gasteiger partial charge on any atom is -0.0233 e. The Morgan fingerprint density at radius 3 is 1.78 bits per heavy atom. The highest BCUT2D eigenvalue weighted by atomic mass is 13.9. The third-order valence-electron chi connectivity index (χ3n) is 2.43. The first kappa shape index (κ1) is 14.0. The normalized spacial score (nSPS) is 9.67. The van der Waals surface area contributed by atoms with Crippen LogP contribution in [-0.2, 0) is 0 Å². The Balaban J connectivity index is 0.000000180. The topological polar surface area (TPSA) is 0 Å². The van der Waals surface area contributed by atoms with Crippen LogP contribution in [0.15, 0.2) is 73.3 Å². The van der Waals surface area contributed by atoms with Crippen LogP contribution in [0.5, 0.6) is 0 Å². The molecule has 0 fully saturated rings. The first-order chi connectivity index (χ1) is 8.74. The Kier molecular flexibility index (Phi) is 6.27. The van der Waals surface area contributed by atoms with E-state index in [1.54, 1.807) is 0 Å². The molecule has 0 spiro atoms. The van der Waals surface area contributed by atoms with Gasteiger partial charge in [-0.05, 0) is 25.0 Å². The van der Waals surface area contributed by atoms with Crippen molar-refractivity contribution in [3.63, 3.8) is 0 Å². The molecule has 0 radical (unpaired) electrons. The fourth-order valence-corrected chi connectivity index (χ4v) is 1.48. The number of allylic oxidation sites excluding steroid dienone is 2. The Labute approximate surface area is 110 Å². The highest BCUT2D eigenvalue weighted by Crippen LogP contribution is 2.08. The maximum absolute atomic E-state index is 3.83. The first-order valence-corrected chi connectivity index (χ1v) is 6.12. The van der Waals surface area contributed by atoms with Crippen molar-refractivity contribution in [2.24, 2.45) is 0 Å². The molecule has 18 heavy (non-hydrogen) atoms. The van der Waals surface area contributed by atoms with Gasteiger partial charge in [-0.1, -0.05) is 85.0 Å². The molecule has 0 amide bonds. The van der Waals surface area contributed by atoms with Crippen LogP contribution in [0, 0.1) is 0 Å². The molecule has 92 valence electrons. The average molecular weight is 236 g/mol. The van der Waals surface area contributed by atoms with Crippen LogP contribution in [0.4, 0.5) is 0 Å². The van der Waals surface area contributed by atoms with Crippen molar-refractivity contribution < 1.29 is 0 Å². The zero-order valence-corrected chi connectivity index (χ0v) is 11.1. The van der Waals surface area contributed by atoms with Gasteiger partial charge in [-0.15, -0.1) is 0 Å². The van der Waals surface area contributed by atoms with Gasteiger partial charge in [-0.3, -0.25) is 0 Å². The van der Waals surface area contributed by atoms with Crippen molar-refractivity contribution in [2.45, 2.75) is 13.8 Å². The minimum Gasteiger partial charge on any atom is -0.0955 e. The summed E-state index contributed by atoms with van der Waals surface area (Å²) in [5.41, 5.74) is 3.60. The minimum atomic E-state index is 1.12. The van der Waals surface area contributed by atoms with Crippen LogP contribution in [0.25, 0.3) is 11.6 Å². The molecular weight excluding hydrogens is 216 g/mol. The molecule has 0 heterocycles. The molecule has 0 atom stereocenters. The summed E-state index contributed by atoms with van der Waals surface area (Å²) in [5.74, 6) is 0. The molecule has 0 bridgehead atoms. The quantitative estimate of drug-likeness (QED) is 0.651. The summed E-state index contributed by atoms with van der Waals surface area (Å²) in [6.45, 7) is 7.86. The van der Waals surface area contributed by atoms with Crippen molar-refractivity contribution in [1.82, 2.24) is 0 Å². The van der Waals surface area contributed by atoms with Gasteiger partial charge < -0.3 is 0 Å². The Morgan fingerprint density at radius 1 is 0.889 bits per heavy atom. The molecule has 2 rings (SSSR count). The average Bonchev–Trinajstić information content (AvgIpc) is 2.42. The van der Waals surface area contributed by atoms with Crippen molar-refractivity contribution in [3.8, 4) is 0 Å². The number of hydrogen-bond donors (Lipinski definition) is 0. The lowest BCUT2D eigenvalue weighted by Gasteiger charge is -1.94. The largest absolute Gasteiger partial charge is 0.0955 e. The molecule has 0 aromatic heterocycles. The van der Waals surface area contributed by atoms with Crippen LogP contribution < -0.4 is 0 Å². The highest BCUT2D eigenvalue weighted by Gasteiger charge is 1.86. The second-order valence-corrected chi connectivity index (χ2v) is 4.06. The zero-order valence-electron chi connectivity index (χ0n) is 11.1. The summed E-state index contributed by atoms with van der Waals surface area (Å²) < 4.78 is 0. The smallest absolute Gasteiger partial charge is 0.0233 e. The monoisotopic (exact) mass is 236 g/mol. The van der Waals surface area contributed by atoms with Crippen molar-refractivity contribution in [3.05, 3.63) is 84.4 Å². The van der Waals surface area contributed by atoms with Gasteiger partial charge in [0.05, 0.1) is 0 Å². The summed E-state index contributed by atoms with van der Waals surface area (Å²) >= 11 is 0. The third-order valence-corrected chi connectivity index (χ3v) is 2.43. The van der Waals surface area contributed by atoms with Crippen LogP contribution in [0.1, 0.15) is 25.0 Å². The third kappa shape index (κ3) is 5.31. The summed E-state index contributed by atoms with van der Waals surface area (Å²) in [4.78, 5) is 0. The molecule has 0 aliphatic carbocycles. The second-order valence-electron chi connectivity index (χ2n) is 4.06. The van der Waals surface area contributed by atoms with E-state index in [9.17, 15) is 0 Å². The first-order valence-electron chi connectivity index (χ1n) is 6.12. The van der Waals surface area contributed by atoms with E-state index in [1.807, 2.05) is 56.3 Å². The SMILES string of the molecule is C=C(C)c1ccccc1.CC=Cc1ccccc1. The van der Waals surface area contributed by atoms with Gasteiger partial charge in [0.1, 0.15) is 0 Å². The van der Waals surface area contributed by atoms with Gasteiger partial charge in [-0.25, -0.2) is 0 Å². The molecular formula is C18H20. The summed E-state index contributed by atoms with van der Waals surface area (Å²) in [6.07, 6.45) is 4.12. The summed E-state index contributed by atoms with van der Waals surface area (Å²) in [6, 6.07) is 20.4. The highest BCUT2D eigenvalue weighted by molar-refractivity contribution is 5.60. The molecule has 0 N–H and O–H groups in total. The van der Waals surface area contributed by atoms with E-state index in [2.05, 4.69) is 36.9 Å². The van der Waals surface area contributed by atoms with E-state index in [0.29, 0.717) is 0 Å². The Hall–Kier alpha value is -2.08. The summed E-state index contributed by atoms with van der Waals surface area (Å²) in [5, 5.41) is 0. The molecule has 0 nitrogen and oxygen atoms in total. The van der Waals surface area contributed by atoms with E-state index in [0.717, 1.165) is 5.57 Å². The number of hydrogen-bond acceptors (Lipinski definition) is 0. The minimum absolute atomic E-state index is 1.12. The van der Waals surface area contributed by atoms with E-state index in [4.69, 9.17) is 0 Å². The zero-order chi connectivity index (χ0) is 13.2. The number of rotatable bonds is 2. The van der Waals surface area contributed by atoms with E-state index in [-0.39, 0.29) is 0 Å². The van der Waals surface area contributed by atoms with Crippen molar-refractivity contribution in [2.75, 3.05) is 0 Å². The van der Waals surface area contributed by atoms with Crippen LogP contribution in [-0.4, -0.2) is 0 Å². The number of benzene rings is 2. The predicted molar refractivity (Wildman–Crippen MR) is 82.3 cm³/mol. The van der Waals surface area contributed by atoms with Crippen LogP contribution >= 0.6 is 0 Å². The van der Waals surface area contributed by atoms with E-state index >= 15 is 0 Å². The molecule has 0 unspecified atom stereocenters. The molecule has 0 heteroatoms. The van der Waals surface area contributed by atoms with Crippen molar-refractivity contribution >= 4 is 11.6 Å². The predicted octanol–water partition coefficient (Wildman–Crippen LogP) is 5.44.